The highest BCUT2D eigenvalue weighted by Gasteiger charge is 2.23. The number of nitrogens with zero attached hydrogens (tertiary/aromatic N) is 2. The van der Waals surface area contributed by atoms with Crippen LogP contribution < -0.4 is 5.73 Å². The molecule has 1 saturated heterocycles. The summed E-state index contributed by atoms with van der Waals surface area (Å²) >= 11 is 1.81. The molecule has 3 nitrogen and oxygen atoms in total. The fraction of sp³-hybridized carbons (Fsp3) is 0.800. The molecule has 1 aromatic rings. The Morgan fingerprint density at radius 3 is 2.84 bits per heavy atom. The van der Waals surface area contributed by atoms with Crippen LogP contribution in [-0.4, -0.2) is 29.0 Å². The highest BCUT2D eigenvalue weighted by Crippen LogP contribution is 2.27. The van der Waals surface area contributed by atoms with Crippen molar-refractivity contribution < 1.29 is 0 Å². The van der Waals surface area contributed by atoms with Gasteiger partial charge in [-0.3, -0.25) is 4.90 Å². The first-order valence-electron chi connectivity index (χ1n) is 7.39. The van der Waals surface area contributed by atoms with Crippen molar-refractivity contribution in [2.75, 3.05) is 13.1 Å². The zero-order valence-electron chi connectivity index (χ0n) is 12.5. The molecule has 0 aromatic carbocycles. The van der Waals surface area contributed by atoms with Crippen LogP contribution in [0.25, 0.3) is 0 Å². The lowest BCUT2D eigenvalue weighted by Gasteiger charge is -2.35. The molecule has 0 bridgehead atoms. The van der Waals surface area contributed by atoms with E-state index in [1.54, 1.807) is 11.3 Å². The Morgan fingerprint density at radius 1 is 1.42 bits per heavy atom. The number of nitrogens with two attached hydrogens (primary N) is 1. The van der Waals surface area contributed by atoms with Crippen molar-refractivity contribution in [3.8, 4) is 0 Å². The molecule has 2 heterocycles. The fourth-order valence-electron chi connectivity index (χ4n) is 2.69. The maximum absolute atomic E-state index is 5.74. The fourth-order valence-corrected chi connectivity index (χ4v) is 3.73. The molecule has 1 aromatic heterocycles. The molecule has 2 rings (SSSR count). The van der Waals surface area contributed by atoms with Crippen molar-refractivity contribution >= 4 is 11.3 Å². The first kappa shape index (κ1) is 14.9. The Hall–Kier alpha value is -0.450. The molecule has 1 fully saturated rings. The quantitative estimate of drug-likeness (QED) is 0.922. The number of rotatable bonds is 4. The van der Waals surface area contributed by atoms with Crippen molar-refractivity contribution in [2.24, 2.45) is 5.73 Å². The summed E-state index contributed by atoms with van der Waals surface area (Å²) in [4.78, 5) is 7.40. The van der Waals surface area contributed by atoms with Crippen molar-refractivity contribution in [3.05, 3.63) is 16.1 Å². The van der Waals surface area contributed by atoms with E-state index in [0.717, 1.165) is 19.5 Å². The zero-order valence-corrected chi connectivity index (χ0v) is 13.3. The molecule has 1 unspecified atom stereocenters. The lowest BCUT2D eigenvalue weighted by molar-refractivity contribution is 0.134. The Labute approximate surface area is 121 Å². The van der Waals surface area contributed by atoms with E-state index in [1.807, 2.05) is 0 Å². The number of hydrogen-bond donors (Lipinski definition) is 1. The van der Waals surface area contributed by atoms with Crippen molar-refractivity contribution in [2.45, 2.75) is 64.5 Å². The Balaban J connectivity index is 2.00. The predicted octanol–water partition coefficient (Wildman–Crippen LogP) is 3.14. The summed E-state index contributed by atoms with van der Waals surface area (Å²) in [5.41, 5.74) is 7.12. The molecule has 0 amide bonds. The molecule has 0 spiro atoms. The SMILES string of the molecule is CC(C)(C)c1csc(CN2CCCCC2CCN)n1. The largest absolute Gasteiger partial charge is 0.330 e. The van der Waals surface area contributed by atoms with Crippen molar-refractivity contribution in [1.82, 2.24) is 9.88 Å². The number of thiazole rings is 1. The van der Waals surface area contributed by atoms with Gasteiger partial charge in [-0.15, -0.1) is 11.3 Å². The van der Waals surface area contributed by atoms with Gasteiger partial charge in [-0.2, -0.15) is 0 Å². The number of aromatic nitrogens is 1. The third-order valence-corrected chi connectivity index (χ3v) is 4.74. The van der Waals surface area contributed by atoms with E-state index in [4.69, 9.17) is 10.7 Å². The molecule has 0 radical (unpaired) electrons. The Kier molecular flexibility index (Phi) is 4.98. The van der Waals surface area contributed by atoms with Crippen LogP contribution >= 0.6 is 11.3 Å². The first-order chi connectivity index (χ1) is 9.00. The number of hydrogen-bond acceptors (Lipinski definition) is 4. The van der Waals surface area contributed by atoms with E-state index >= 15 is 0 Å². The third kappa shape index (κ3) is 4.01. The monoisotopic (exact) mass is 281 g/mol. The van der Waals surface area contributed by atoms with E-state index in [9.17, 15) is 0 Å². The van der Waals surface area contributed by atoms with Crippen LogP contribution in [-0.2, 0) is 12.0 Å². The minimum absolute atomic E-state index is 0.160. The lowest BCUT2D eigenvalue weighted by atomic mass is 9.93. The van der Waals surface area contributed by atoms with Gasteiger partial charge in [-0.1, -0.05) is 27.2 Å². The van der Waals surface area contributed by atoms with Crippen LogP contribution in [0.1, 0.15) is 57.2 Å². The average Bonchev–Trinajstić information content (AvgIpc) is 2.80. The van der Waals surface area contributed by atoms with E-state index in [1.165, 1.54) is 36.5 Å². The van der Waals surface area contributed by atoms with E-state index in [2.05, 4.69) is 31.1 Å². The molecule has 1 aliphatic heterocycles. The van der Waals surface area contributed by atoms with Crippen molar-refractivity contribution in [3.63, 3.8) is 0 Å². The van der Waals surface area contributed by atoms with Gasteiger partial charge < -0.3 is 5.73 Å². The van der Waals surface area contributed by atoms with Gasteiger partial charge in [0, 0.05) is 16.8 Å². The van der Waals surface area contributed by atoms with Gasteiger partial charge in [0.1, 0.15) is 5.01 Å². The Bertz CT molecular complexity index is 392. The molecule has 1 atom stereocenters. The number of likely N-dealkylation sites (tertiary alicyclic amines) is 1. The Morgan fingerprint density at radius 2 is 2.21 bits per heavy atom. The second-order valence-electron chi connectivity index (χ2n) is 6.57. The maximum atomic E-state index is 5.74. The van der Waals surface area contributed by atoms with Crippen molar-refractivity contribution in [1.29, 1.82) is 0 Å². The van der Waals surface area contributed by atoms with Gasteiger partial charge in [0.25, 0.3) is 0 Å². The number of piperidine rings is 1. The molecule has 108 valence electrons. The van der Waals surface area contributed by atoms with Gasteiger partial charge >= 0.3 is 0 Å². The lowest BCUT2D eigenvalue weighted by Crippen LogP contribution is -2.40. The van der Waals surface area contributed by atoms with Crippen LogP contribution in [0.2, 0.25) is 0 Å². The summed E-state index contributed by atoms with van der Waals surface area (Å²) in [7, 11) is 0. The molecular formula is C15H27N3S. The van der Waals surface area contributed by atoms with Crippen LogP contribution in [0.5, 0.6) is 0 Å². The molecular weight excluding hydrogens is 254 g/mol. The van der Waals surface area contributed by atoms with E-state index < -0.39 is 0 Å². The standard InChI is InChI=1S/C15H27N3S/c1-15(2,3)13-11-19-14(17-13)10-18-9-5-4-6-12(18)7-8-16/h11-12H,4-10,16H2,1-3H3. The van der Waals surface area contributed by atoms with E-state index in [-0.39, 0.29) is 5.41 Å². The molecule has 19 heavy (non-hydrogen) atoms. The topological polar surface area (TPSA) is 42.1 Å². The summed E-state index contributed by atoms with van der Waals surface area (Å²) in [6.45, 7) is 9.69. The minimum Gasteiger partial charge on any atom is -0.330 e. The maximum Gasteiger partial charge on any atom is 0.107 e. The summed E-state index contributed by atoms with van der Waals surface area (Å²) < 4.78 is 0. The van der Waals surface area contributed by atoms with Gasteiger partial charge in [-0.05, 0) is 32.4 Å². The molecule has 0 saturated carbocycles. The molecule has 1 aliphatic rings. The average molecular weight is 281 g/mol. The third-order valence-electron chi connectivity index (χ3n) is 3.91. The predicted molar refractivity (Wildman–Crippen MR) is 82.5 cm³/mol. The highest BCUT2D eigenvalue weighted by atomic mass is 32.1. The molecule has 2 N–H and O–H groups in total. The summed E-state index contributed by atoms with van der Waals surface area (Å²) in [6.07, 6.45) is 5.09. The highest BCUT2D eigenvalue weighted by molar-refractivity contribution is 7.09. The zero-order chi connectivity index (χ0) is 13.9. The van der Waals surface area contributed by atoms with Crippen LogP contribution in [0, 0.1) is 0 Å². The summed E-state index contributed by atoms with van der Waals surface area (Å²) in [6, 6.07) is 0.667. The second-order valence-corrected chi connectivity index (χ2v) is 7.52. The summed E-state index contributed by atoms with van der Waals surface area (Å²) in [5.74, 6) is 0. The summed E-state index contributed by atoms with van der Waals surface area (Å²) in [5, 5.41) is 3.48. The molecule has 0 aliphatic carbocycles. The second kappa shape index (κ2) is 6.33. The van der Waals surface area contributed by atoms with Crippen LogP contribution in [0.4, 0.5) is 0 Å². The minimum atomic E-state index is 0.160. The van der Waals surface area contributed by atoms with Gasteiger partial charge in [0.15, 0.2) is 0 Å². The normalized spacial score (nSPS) is 21.8. The van der Waals surface area contributed by atoms with Gasteiger partial charge in [0.2, 0.25) is 0 Å². The van der Waals surface area contributed by atoms with Crippen LogP contribution in [0.15, 0.2) is 5.38 Å². The first-order valence-corrected chi connectivity index (χ1v) is 8.27. The smallest absolute Gasteiger partial charge is 0.107 e. The van der Waals surface area contributed by atoms with E-state index in [0.29, 0.717) is 6.04 Å². The molecule has 4 heteroatoms. The van der Waals surface area contributed by atoms with Gasteiger partial charge in [0.05, 0.1) is 12.2 Å². The van der Waals surface area contributed by atoms with Gasteiger partial charge in [-0.25, -0.2) is 4.98 Å². The van der Waals surface area contributed by atoms with Crippen LogP contribution in [0.3, 0.4) is 0 Å².